The summed E-state index contributed by atoms with van der Waals surface area (Å²) >= 11 is 0. The lowest BCUT2D eigenvalue weighted by atomic mass is 10.1. The highest BCUT2D eigenvalue weighted by Crippen LogP contribution is 2.11. The van der Waals surface area contributed by atoms with Crippen LogP contribution in [-0.4, -0.2) is 36.2 Å². The van der Waals surface area contributed by atoms with E-state index in [1.54, 1.807) is 14.1 Å². The molecule has 0 spiro atoms. The SMILES string of the molecule is CCCCCCCCCCCC[N+](C)(C)[O-].O.O. The van der Waals surface area contributed by atoms with Gasteiger partial charge in [0, 0.05) is 0 Å². The predicted octanol–water partition coefficient (Wildman–Crippen LogP) is 2.83. The zero-order valence-electron chi connectivity index (χ0n) is 12.6. The maximum absolute atomic E-state index is 11.3. The molecule has 0 aromatic rings. The zero-order chi connectivity index (χ0) is 12.3. The van der Waals surface area contributed by atoms with E-state index in [0.717, 1.165) is 13.0 Å². The molecule has 0 rings (SSSR count). The van der Waals surface area contributed by atoms with Crippen molar-refractivity contribution in [2.75, 3.05) is 20.6 Å². The fraction of sp³-hybridized carbons (Fsp3) is 1.00. The summed E-state index contributed by atoms with van der Waals surface area (Å²) in [6.07, 6.45) is 13.4. The molecule has 0 saturated carbocycles. The third kappa shape index (κ3) is 21.2. The van der Waals surface area contributed by atoms with E-state index in [9.17, 15) is 5.21 Å². The second-order valence-corrected chi connectivity index (χ2v) is 5.48. The lowest BCUT2D eigenvalue weighted by Gasteiger charge is -2.33. The van der Waals surface area contributed by atoms with Crippen LogP contribution in [0.1, 0.15) is 71.1 Å². The van der Waals surface area contributed by atoms with Gasteiger partial charge in [0.05, 0.1) is 20.6 Å². The first-order valence-electron chi connectivity index (χ1n) is 7.10. The number of rotatable bonds is 11. The van der Waals surface area contributed by atoms with E-state index in [-0.39, 0.29) is 15.6 Å². The van der Waals surface area contributed by atoms with Crippen molar-refractivity contribution in [1.29, 1.82) is 0 Å². The smallest absolute Gasteiger partial charge is 0.0779 e. The molecule has 4 N–H and O–H groups in total. The molecule has 0 amide bonds. The number of hydroxylamine groups is 3. The molecule has 0 fully saturated rings. The Bertz CT molecular complexity index is 146. The molecule has 0 unspecified atom stereocenters. The van der Waals surface area contributed by atoms with Gasteiger partial charge in [-0.25, -0.2) is 0 Å². The highest BCUT2D eigenvalue weighted by Gasteiger charge is 2.00. The summed E-state index contributed by atoms with van der Waals surface area (Å²) in [5.41, 5.74) is 0. The Morgan fingerprint density at radius 2 is 1.00 bits per heavy atom. The van der Waals surface area contributed by atoms with Gasteiger partial charge >= 0.3 is 0 Å². The lowest BCUT2D eigenvalue weighted by molar-refractivity contribution is -0.840. The summed E-state index contributed by atoms with van der Waals surface area (Å²) < 4.78 is -0.128. The van der Waals surface area contributed by atoms with Crippen molar-refractivity contribution in [2.45, 2.75) is 71.1 Å². The van der Waals surface area contributed by atoms with Crippen molar-refractivity contribution >= 4 is 0 Å². The van der Waals surface area contributed by atoms with Crippen LogP contribution in [0.2, 0.25) is 0 Å². The fourth-order valence-corrected chi connectivity index (χ4v) is 1.98. The molecule has 0 atom stereocenters. The van der Waals surface area contributed by atoms with Crippen LogP contribution in [0.15, 0.2) is 0 Å². The van der Waals surface area contributed by atoms with Gasteiger partial charge in [-0.3, -0.25) is 0 Å². The molecule has 18 heavy (non-hydrogen) atoms. The minimum absolute atomic E-state index is 0. The maximum atomic E-state index is 11.3. The Morgan fingerprint density at radius 3 is 1.33 bits per heavy atom. The predicted molar refractivity (Wildman–Crippen MR) is 79.4 cm³/mol. The van der Waals surface area contributed by atoms with Gasteiger partial charge in [0.25, 0.3) is 0 Å². The second kappa shape index (κ2) is 14.9. The number of hydrogen-bond acceptors (Lipinski definition) is 1. The topological polar surface area (TPSA) is 86.1 Å². The lowest BCUT2D eigenvalue weighted by Crippen LogP contribution is -2.32. The molecular formula is C14H35NO3. The van der Waals surface area contributed by atoms with Crippen molar-refractivity contribution in [3.05, 3.63) is 5.21 Å². The Hall–Kier alpha value is -0.160. The fourth-order valence-electron chi connectivity index (χ4n) is 1.98. The van der Waals surface area contributed by atoms with Gasteiger partial charge in [-0.05, 0) is 12.8 Å². The molecule has 4 nitrogen and oxygen atoms in total. The van der Waals surface area contributed by atoms with Crippen LogP contribution in [0.25, 0.3) is 0 Å². The molecule has 0 aromatic heterocycles. The molecule has 0 aliphatic rings. The third-order valence-corrected chi connectivity index (χ3v) is 3.05. The highest BCUT2D eigenvalue weighted by molar-refractivity contribution is 4.47. The molecule has 0 aliphatic carbocycles. The molecular weight excluding hydrogens is 230 g/mol. The number of hydrogen-bond donors (Lipinski definition) is 0. The molecule has 0 saturated heterocycles. The minimum atomic E-state index is -0.128. The van der Waals surface area contributed by atoms with Crippen molar-refractivity contribution in [1.82, 2.24) is 0 Å². The normalized spacial score (nSPS) is 10.7. The van der Waals surface area contributed by atoms with E-state index in [1.165, 1.54) is 57.8 Å². The molecule has 0 bridgehead atoms. The summed E-state index contributed by atoms with van der Waals surface area (Å²) in [5, 5.41) is 11.3. The van der Waals surface area contributed by atoms with Crippen LogP contribution in [0.5, 0.6) is 0 Å². The maximum Gasteiger partial charge on any atom is 0.0779 e. The van der Waals surface area contributed by atoms with Gasteiger partial charge in [-0.1, -0.05) is 58.3 Å². The highest BCUT2D eigenvalue weighted by atomic mass is 16.5. The number of nitrogens with zero attached hydrogens (tertiary/aromatic N) is 1. The van der Waals surface area contributed by atoms with E-state index in [4.69, 9.17) is 0 Å². The molecule has 0 aliphatic heterocycles. The van der Waals surface area contributed by atoms with E-state index in [0.29, 0.717) is 0 Å². The van der Waals surface area contributed by atoms with Crippen LogP contribution in [-0.2, 0) is 0 Å². The zero-order valence-corrected chi connectivity index (χ0v) is 12.6. The Kier molecular flexibility index (Phi) is 19.0. The minimum Gasteiger partial charge on any atom is -0.633 e. The van der Waals surface area contributed by atoms with Gasteiger partial charge in [-0.2, -0.15) is 0 Å². The standard InChI is InChI=1S/C14H31NO.2H2O/c1-4-5-6-7-8-9-10-11-12-13-14-15(2,3)16;;/h4-14H2,1-3H3;2*1H2. The molecule has 0 aromatic carbocycles. The second-order valence-electron chi connectivity index (χ2n) is 5.48. The van der Waals surface area contributed by atoms with Gasteiger partial charge in [0.2, 0.25) is 0 Å². The van der Waals surface area contributed by atoms with Crippen LogP contribution >= 0.6 is 0 Å². The first-order valence-corrected chi connectivity index (χ1v) is 7.10. The van der Waals surface area contributed by atoms with Gasteiger partial charge in [0.1, 0.15) is 0 Å². The Morgan fingerprint density at radius 1 is 0.667 bits per heavy atom. The van der Waals surface area contributed by atoms with Crippen LogP contribution in [0.4, 0.5) is 0 Å². The van der Waals surface area contributed by atoms with E-state index in [1.807, 2.05) is 0 Å². The van der Waals surface area contributed by atoms with E-state index in [2.05, 4.69) is 6.92 Å². The monoisotopic (exact) mass is 265 g/mol. The number of quaternary nitrogens is 1. The van der Waals surface area contributed by atoms with Crippen molar-refractivity contribution in [3.8, 4) is 0 Å². The van der Waals surface area contributed by atoms with Crippen LogP contribution in [0.3, 0.4) is 0 Å². The first-order chi connectivity index (χ1) is 7.56. The summed E-state index contributed by atoms with van der Waals surface area (Å²) in [5.74, 6) is 0. The Balaban J connectivity index is -0.00000112. The van der Waals surface area contributed by atoms with E-state index < -0.39 is 0 Å². The average molecular weight is 265 g/mol. The van der Waals surface area contributed by atoms with Crippen LogP contribution < -0.4 is 0 Å². The molecule has 0 heterocycles. The average Bonchev–Trinajstić information content (AvgIpc) is 2.19. The van der Waals surface area contributed by atoms with Crippen molar-refractivity contribution in [2.24, 2.45) is 0 Å². The van der Waals surface area contributed by atoms with Gasteiger partial charge in [0.15, 0.2) is 0 Å². The van der Waals surface area contributed by atoms with Crippen molar-refractivity contribution in [3.63, 3.8) is 0 Å². The third-order valence-electron chi connectivity index (χ3n) is 3.05. The quantitative estimate of drug-likeness (QED) is 0.321. The molecule has 114 valence electrons. The van der Waals surface area contributed by atoms with E-state index >= 15 is 0 Å². The molecule has 4 heteroatoms. The summed E-state index contributed by atoms with van der Waals surface area (Å²) in [6, 6.07) is 0. The van der Waals surface area contributed by atoms with Crippen LogP contribution in [0, 0.1) is 5.21 Å². The summed E-state index contributed by atoms with van der Waals surface area (Å²) in [6.45, 7) is 3.03. The Labute approximate surface area is 113 Å². The number of unbranched alkanes of at least 4 members (excludes halogenated alkanes) is 9. The first kappa shape index (κ1) is 23.0. The largest absolute Gasteiger partial charge is 0.633 e. The van der Waals surface area contributed by atoms with Gasteiger partial charge in [-0.15, -0.1) is 0 Å². The summed E-state index contributed by atoms with van der Waals surface area (Å²) in [7, 11) is 3.46. The molecule has 0 radical (unpaired) electrons. The van der Waals surface area contributed by atoms with Crippen molar-refractivity contribution < 1.29 is 15.6 Å². The van der Waals surface area contributed by atoms with Gasteiger partial charge < -0.3 is 20.8 Å². The summed E-state index contributed by atoms with van der Waals surface area (Å²) in [4.78, 5) is 0.